The van der Waals surface area contributed by atoms with Gasteiger partial charge >= 0.3 is 12.0 Å². The standard InChI is InChI=1S/C17H21N3O4/c1-20(17(23)18-10-9-16(21)22)11-5-8-14-12-15(19-24-14)13-6-3-2-4-7-13/h2-4,6-7,12H,5,8-11H2,1H3,(H,18,23)(H,21,22). The lowest BCUT2D eigenvalue weighted by atomic mass is 10.1. The van der Waals surface area contributed by atoms with E-state index in [1.807, 2.05) is 36.4 Å². The normalized spacial score (nSPS) is 10.4. The topological polar surface area (TPSA) is 95.7 Å². The van der Waals surface area contributed by atoms with Crippen molar-refractivity contribution in [3.63, 3.8) is 0 Å². The molecule has 0 radical (unpaired) electrons. The fourth-order valence-corrected chi connectivity index (χ4v) is 2.18. The summed E-state index contributed by atoms with van der Waals surface area (Å²) >= 11 is 0. The highest BCUT2D eigenvalue weighted by atomic mass is 16.5. The molecule has 0 saturated heterocycles. The molecule has 2 N–H and O–H groups in total. The first-order valence-corrected chi connectivity index (χ1v) is 7.78. The van der Waals surface area contributed by atoms with Crippen LogP contribution in [0.4, 0.5) is 4.79 Å². The highest BCUT2D eigenvalue weighted by Crippen LogP contribution is 2.19. The van der Waals surface area contributed by atoms with Crippen LogP contribution in [0.5, 0.6) is 0 Å². The molecule has 0 spiro atoms. The number of hydrogen-bond acceptors (Lipinski definition) is 4. The molecule has 2 amide bonds. The molecule has 0 unspecified atom stereocenters. The summed E-state index contributed by atoms with van der Waals surface area (Å²) in [6, 6.07) is 11.4. The van der Waals surface area contributed by atoms with Crippen molar-refractivity contribution in [1.29, 1.82) is 0 Å². The monoisotopic (exact) mass is 331 g/mol. The minimum Gasteiger partial charge on any atom is -0.481 e. The molecule has 1 aromatic heterocycles. The number of amides is 2. The molecular formula is C17H21N3O4. The van der Waals surface area contributed by atoms with E-state index >= 15 is 0 Å². The third kappa shape index (κ3) is 5.42. The van der Waals surface area contributed by atoms with E-state index in [2.05, 4.69) is 10.5 Å². The van der Waals surface area contributed by atoms with Gasteiger partial charge in [0.2, 0.25) is 0 Å². The first-order valence-electron chi connectivity index (χ1n) is 7.78. The van der Waals surface area contributed by atoms with Crippen molar-refractivity contribution in [2.24, 2.45) is 0 Å². The Hall–Kier alpha value is -2.83. The second-order valence-corrected chi connectivity index (χ2v) is 5.45. The van der Waals surface area contributed by atoms with E-state index < -0.39 is 5.97 Å². The van der Waals surface area contributed by atoms with Crippen LogP contribution in [0.25, 0.3) is 11.3 Å². The van der Waals surface area contributed by atoms with E-state index in [0.29, 0.717) is 13.0 Å². The Labute approximate surface area is 140 Å². The minimum atomic E-state index is -0.933. The van der Waals surface area contributed by atoms with Crippen LogP contribution in [0.15, 0.2) is 40.9 Å². The Balaban J connectivity index is 1.73. The van der Waals surface area contributed by atoms with Crippen LogP contribution in [-0.2, 0) is 11.2 Å². The quantitative estimate of drug-likeness (QED) is 0.774. The highest BCUT2D eigenvalue weighted by molar-refractivity contribution is 5.74. The number of aliphatic carboxylic acids is 1. The van der Waals surface area contributed by atoms with Crippen LogP contribution in [-0.4, -0.2) is 47.3 Å². The van der Waals surface area contributed by atoms with Gasteiger partial charge in [0.05, 0.1) is 6.42 Å². The van der Waals surface area contributed by atoms with Crippen molar-refractivity contribution in [3.05, 3.63) is 42.2 Å². The van der Waals surface area contributed by atoms with Gasteiger partial charge in [-0.15, -0.1) is 0 Å². The molecule has 2 rings (SSSR count). The fourth-order valence-electron chi connectivity index (χ4n) is 2.18. The molecule has 2 aromatic rings. The third-order valence-electron chi connectivity index (χ3n) is 3.51. The second-order valence-electron chi connectivity index (χ2n) is 5.45. The van der Waals surface area contributed by atoms with Gasteiger partial charge in [0.1, 0.15) is 11.5 Å². The maximum absolute atomic E-state index is 11.7. The number of aromatic nitrogens is 1. The van der Waals surface area contributed by atoms with Crippen LogP contribution >= 0.6 is 0 Å². The fraction of sp³-hybridized carbons (Fsp3) is 0.353. The lowest BCUT2D eigenvalue weighted by Gasteiger charge is -2.17. The van der Waals surface area contributed by atoms with Crippen LogP contribution in [0.3, 0.4) is 0 Å². The van der Waals surface area contributed by atoms with Crippen LogP contribution < -0.4 is 5.32 Å². The van der Waals surface area contributed by atoms with Gasteiger partial charge in [-0.25, -0.2) is 4.79 Å². The van der Waals surface area contributed by atoms with Gasteiger partial charge in [-0.3, -0.25) is 4.79 Å². The van der Waals surface area contributed by atoms with Gasteiger partial charge in [-0.05, 0) is 6.42 Å². The Bertz CT molecular complexity index is 669. The summed E-state index contributed by atoms with van der Waals surface area (Å²) in [4.78, 5) is 23.7. The molecular weight excluding hydrogens is 310 g/mol. The lowest BCUT2D eigenvalue weighted by molar-refractivity contribution is -0.136. The maximum atomic E-state index is 11.7. The average Bonchev–Trinajstić information content (AvgIpc) is 3.04. The van der Waals surface area contributed by atoms with E-state index in [1.54, 1.807) is 7.05 Å². The Morgan fingerprint density at radius 3 is 2.75 bits per heavy atom. The number of nitrogens with zero attached hydrogens (tertiary/aromatic N) is 2. The summed E-state index contributed by atoms with van der Waals surface area (Å²) in [5.41, 5.74) is 1.80. The van der Waals surface area contributed by atoms with Crippen LogP contribution in [0.1, 0.15) is 18.6 Å². The Morgan fingerprint density at radius 2 is 2.04 bits per heavy atom. The molecule has 1 aromatic carbocycles. The predicted molar refractivity (Wildman–Crippen MR) is 88.5 cm³/mol. The highest BCUT2D eigenvalue weighted by Gasteiger charge is 2.10. The molecule has 7 heteroatoms. The molecule has 128 valence electrons. The van der Waals surface area contributed by atoms with E-state index in [0.717, 1.165) is 23.4 Å². The summed E-state index contributed by atoms with van der Waals surface area (Å²) in [7, 11) is 1.67. The third-order valence-corrected chi connectivity index (χ3v) is 3.51. The average molecular weight is 331 g/mol. The first kappa shape index (κ1) is 17.5. The molecule has 0 fully saturated rings. The molecule has 0 atom stereocenters. The van der Waals surface area contributed by atoms with Crippen molar-refractivity contribution in [2.75, 3.05) is 20.1 Å². The smallest absolute Gasteiger partial charge is 0.317 e. The van der Waals surface area contributed by atoms with Crippen LogP contribution in [0, 0.1) is 0 Å². The number of nitrogens with one attached hydrogen (secondary N) is 1. The zero-order valence-corrected chi connectivity index (χ0v) is 13.6. The molecule has 0 saturated carbocycles. The van der Waals surface area contributed by atoms with Crippen molar-refractivity contribution >= 4 is 12.0 Å². The number of carbonyl (C=O) groups is 2. The van der Waals surface area contributed by atoms with Gasteiger partial charge in [-0.2, -0.15) is 0 Å². The van der Waals surface area contributed by atoms with Gasteiger partial charge in [0.15, 0.2) is 0 Å². The number of carboxylic acids is 1. The Morgan fingerprint density at radius 1 is 1.29 bits per heavy atom. The van der Waals surface area contributed by atoms with E-state index in [-0.39, 0.29) is 19.0 Å². The summed E-state index contributed by atoms with van der Waals surface area (Å²) in [6.45, 7) is 0.668. The van der Waals surface area contributed by atoms with Crippen molar-refractivity contribution in [3.8, 4) is 11.3 Å². The van der Waals surface area contributed by atoms with Gasteiger partial charge < -0.3 is 19.8 Å². The number of carboxylic acid groups (broad SMARTS) is 1. The zero-order chi connectivity index (χ0) is 17.4. The SMILES string of the molecule is CN(CCCc1cc(-c2ccccc2)no1)C(=O)NCCC(=O)O. The van der Waals surface area contributed by atoms with Crippen molar-refractivity contribution < 1.29 is 19.2 Å². The molecule has 0 aliphatic rings. The molecule has 7 nitrogen and oxygen atoms in total. The molecule has 24 heavy (non-hydrogen) atoms. The first-order chi connectivity index (χ1) is 11.6. The summed E-state index contributed by atoms with van der Waals surface area (Å²) in [5, 5.41) is 15.1. The van der Waals surface area contributed by atoms with Crippen molar-refractivity contribution in [1.82, 2.24) is 15.4 Å². The number of aryl methyl sites for hydroxylation is 1. The van der Waals surface area contributed by atoms with Crippen molar-refractivity contribution in [2.45, 2.75) is 19.3 Å². The largest absolute Gasteiger partial charge is 0.481 e. The van der Waals surface area contributed by atoms with E-state index in [1.165, 1.54) is 4.90 Å². The molecule has 1 heterocycles. The number of carbonyl (C=O) groups excluding carboxylic acids is 1. The lowest BCUT2D eigenvalue weighted by Crippen LogP contribution is -2.38. The number of benzene rings is 1. The molecule has 0 bridgehead atoms. The summed E-state index contributed by atoms with van der Waals surface area (Å²) in [6.07, 6.45) is 1.32. The number of rotatable bonds is 8. The number of urea groups is 1. The van der Waals surface area contributed by atoms with Gasteiger partial charge in [0.25, 0.3) is 0 Å². The van der Waals surface area contributed by atoms with Crippen LogP contribution in [0.2, 0.25) is 0 Å². The van der Waals surface area contributed by atoms with E-state index in [4.69, 9.17) is 9.63 Å². The second kappa shape index (κ2) is 8.71. The van der Waals surface area contributed by atoms with E-state index in [9.17, 15) is 9.59 Å². The Kier molecular flexibility index (Phi) is 6.36. The summed E-state index contributed by atoms with van der Waals surface area (Å²) in [5.74, 6) is -0.161. The number of hydrogen-bond donors (Lipinski definition) is 2. The summed E-state index contributed by atoms with van der Waals surface area (Å²) < 4.78 is 5.32. The zero-order valence-electron chi connectivity index (χ0n) is 13.6. The van der Waals surface area contributed by atoms with Gasteiger partial charge in [-0.1, -0.05) is 35.5 Å². The maximum Gasteiger partial charge on any atom is 0.317 e. The molecule has 0 aliphatic carbocycles. The van der Waals surface area contributed by atoms with Gasteiger partial charge in [0, 0.05) is 38.2 Å². The predicted octanol–water partition coefficient (Wildman–Crippen LogP) is 2.39. The molecule has 0 aliphatic heterocycles. The minimum absolute atomic E-state index is 0.0834.